The molecule has 2 aliphatic rings. The zero-order chi connectivity index (χ0) is 19.7. The predicted molar refractivity (Wildman–Crippen MR) is 96.6 cm³/mol. The maximum absolute atomic E-state index is 12.9. The molecule has 1 aliphatic heterocycles. The van der Waals surface area contributed by atoms with Gasteiger partial charge in [0.15, 0.2) is 5.78 Å². The maximum Gasteiger partial charge on any atom is 0.228 e. The summed E-state index contributed by atoms with van der Waals surface area (Å²) in [6.07, 6.45) is 3.84. The van der Waals surface area contributed by atoms with E-state index in [0.29, 0.717) is 6.54 Å². The summed E-state index contributed by atoms with van der Waals surface area (Å²) in [6, 6.07) is -1.04. The first-order chi connectivity index (χ1) is 12.0. The largest absolute Gasteiger partial charge is 0.341 e. The van der Waals surface area contributed by atoms with Gasteiger partial charge in [0.2, 0.25) is 15.9 Å². The molecule has 1 saturated carbocycles. The van der Waals surface area contributed by atoms with Crippen LogP contribution >= 0.6 is 0 Å². The number of carbonyl (C=O) groups excluding carboxylic acids is 2. The van der Waals surface area contributed by atoms with E-state index in [-0.39, 0.29) is 11.9 Å². The van der Waals surface area contributed by atoms with Gasteiger partial charge in [-0.25, -0.2) is 18.9 Å². The summed E-state index contributed by atoms with van der Waals surface area (Å²) in [7, 11) is -1.92. The first-order valence-corrected chi connectivity index (χ1v) is 10.4. The average molecular weight is 387 g/mol. The zero-order valence-corrected chi connectivity index (χ0v) is 16.0. The van der Waals surface area contributed by atoms with Gasteiger partial charge in [0.1, 0.15) is 0 Å². The number of ketones is 1. The molecule has 5 atom stereocenters. The first kappa shape index (κ1) is 20.7. The van der Waals surface area contributed by atoms with Gasteiger partial charge in [-0.2, -0.15) is 5.10 Å². The van der Waals surface area contributed by atoms with Crippen molar-refractivity contribution >= 4 is 27.9 Å². The summed E-state index contributed by atoms with van der Waals surface area (Å²) in [5, 5.41) is 6.58. The van der Waals surface area contributed by atoms with Crippen LogP contribution in [0.3, 0.4) is 0 Å². The molecular weight excluding hydrogens is 360 g/mol. The number of rotatable bonds is 7. The third-order valence-corrected chi connectivity index (χ3v) is 5.88. The Balaban J connectivity index is 2.17. The van der Waals surface area contributed by atoms with Gasteiger partial charge in [0, 0.05) is 25.8 Å². The van der Waals surface area contributed by atoms with E-state index in [1.165, 1.54) is 6.92 Å². The first-order valence-electron chi connectivity index (χ1n) is 8.50. The molecule has 5 N–H and O–H groups in total. The molecule has 3 unspecified atom stereocenters. The molecule has 0 aromatic heterocycles. The molecule has 2 fully saturated rings. The lowest BCUT2D eigenvalue weighted by Gasteiger charge is -2.32. The summed E-state index contributed by atoms with van der Waals surface area (Å²) in [4.78, 5) is 27.1. The van der Waals surface area contributed by atoms with E-state index in [1.807, 2.05) is 0 Å². The molecular formula is C15H27N6O4S. The lowest BCUT2D eigenvalue weighted by molar-refractivity contribution is -0.135. The van der Waals surface area contributed by atoms with Crippen molar-refractivity contribution in [2.75, 3.05) is 26.4 Å². The third kappa shape index (κ3) is 4.22. The lowest BCUT2D eigenvalue weighted by Crippen LogP contribution is -2.48. The van der Waals surface area contributed by atoms with Crippen LogP contribution in [0.15, 0.2) is 5.10 Å². The van der Waals surface area contributed by atoms with Crippen LogP contribution < -0.4 is 21.6 Å². The monoisotopic (exact) mass is 387 g/mol. The second kappa shape index (κ2) is 7.59. The van der Waals surface area contributed by atoms with Crippen LogP contribution in [0.4, 0.5) is 0 Å². The minimum absolute atomic E-state index is 0.00163. The highest BCUT2D eigenvalue weighted by Crippen LogP contribution is 2.51. The number of sulfonamides is 1. The molecule has 0 spiro atoms. The van der Waals surface area contributed by atoms with Gasteiger partial charge in [0.05, 0.1) is 29.7 Å². The Bertz CT molecular complexity index is 690. The van der Waals surface area contributed by atoms with Gasteiger partial charge in [-0.3, -0.25) is 9.59 Å². The molecule has 26 heavy (non-hydrogen) atoms. The van der Waals surface area contributed by atoms with Gasteiger partial charge in [-0.1, -0.05) is 0 Å². The fraction of sp³-hybridized carbons (Fsp3) is 0.800. The molecule has 147 valence electrons. The fourth-order valence-electron chi connectivity index (χ4n) is 3.65. The molecule has 0 bridgehead atoms. The maximum atomic E-state index is 12.9. The topological polar surface area (TPSA) is 158 Å². The number of hydrogen-bond donors (Lipinski definition) is 3. The standard InChI is InChI=1S/C15H27N6O4S/c1-9(20-26(3,24)25)13(22)11-12(15(11,16)8-19-17)14(23)21(2)10-5-4-6-18-7-10/h8-12,16,18,20H,4-7,17H2,1-3H3/t9-,10?,11?,12+,15?/m0/s1. The summed E-state index contributed by atoms with van der Waals surface area (Å²) >= 11 is 0. The number of nitrogens with two attached hydrogens (primary N) is 1. The van der Waals surface area contributed by atoms with Crippen LogP contribution in [0, 0.1) is 11.8 Å². The quantitative estimate of drug-likeness (QED) is 0.258. The van der Waals surface area contributed by atoms with Gasteiger partial charge < -0.3 is 16.1 Å². The molecule has 10 nitrogen and oxygen atoms in total. The summed E-state index contributed by atoms with van der Waals surface area (Å²) in [5.41, 5.74) is 6.91. The van der Waals surface area contributed by atoms with Crippen molar-refractivity contribution in [2.45, 2.75) is 37.4 Å². The summed E-state index contributed by atoms with van der Waals surface area (Å²) in [6.45, 7) is 2.97. The van der Waals surface area contributed by atoms with Gasteiger partial charge >= 0.3 is 0 Å². The SMILES string of the molecule is C[C@H](NS(C)(=O)=O)C(=O)C1[C@H](C(=O)N(C)C2CCCNC2)C1([NH])C=NN. The van der Waals surface area contributed by atoms with E-state index in [9.17, 15) is 18.0 Å². The number of likely N-dealkylation sites (N-methyl/N-ethyl adjacent to an activating group) is 1. The highest BCUT2D eigenvalue weighted by Gasteiger charge is 2.70. The molecule has 1 aliphatic carbocycles. The minimum Gasteiger partial charge on any atom is -0.341 e. The molecule has 2 rings (SSSR count). The van der Waals surface area contributed by atoms with Crippen molar-refractivity contribution in [1.29, 1.82) is 0 Å². The number of amides is 1. The molecule has 1 amide bonds. The predicted octanol–water partition coefficient (Wildman–Crippen LogP) is -2.08. The number of hydrogen-bond acceptors (Lipinski definition) is 7. The van der Waals surface area contributed by atoms with Gasteiger partial charge in [0.25, 0.3) is 0 Å². The lowest BCUT2D eigenvalue weighted by atomic mass is 10.0. The normalized spacial score (nSPS) is 33.0. The Morgan fingerprint density at radius 2 is 2.12 bits per heavy atom. The second-order valence-electron chi connectivity index (χ2n) is 7.13. The number of carbonyl (C=O) groups is 2. The number of nitrogens with one attached hydrogen (secondary N) is 3. The van der Waals surface area contributed by atoms with Crippen molar-refractivity contribution in [3.63, 3.8) is 0 Å². The van der Waals surface area contributed by atoms with E-state index < -0.39 is 39.2 Å². The Hall–Kier alpha value is -1.56. The number of piperidine rings is 1. The summed E-state index contributed by atoms with van der Waals surface area (Å²) in [5.74, 6) is 2.43. The van der Waals surface area contributed by atoms with Gasteiger partial charge in [-0.15, -0.1) is 0 Å². The van der Waals surface area contributed by atoms with Crippen LogP contribution in [-0.4, -0.2) is 75.2 Å². The molecule has 11 heteroatoms. The molecule has 0 aromatic carbocycles. The van der Waals surface area contributed by atoms with E-state index in [4.69, 9.17) is 11.6 Å². The fourth-order valence-corrected chi connectivity index (χ4v) is 4.41. The Kier molecular flexibility index (Phi) is 6.06. The smallest absolute Gasteiger partial charge is 0.228 e. The highest BCUT2D eigenvalue weighted by atomic mass is 32.2. The zero-order valence-electron chi connectivity index (χ0n) is 15.2. The number of hydrazone groups is 1. The summed E-state index contributed by atoms with van der Waals surface area (Å²) < 4.78 is 24.9. The third-order valence-electron chi connectivity index (χ3n) is 5.10. The minimum atomic E-state index is -3.59. The van der Waals surface area contributed by atoms with E-state index >= 15 is 0 Å². The van der Waals surface area contributed by atoms with Crippen molar-refractivity contribution < 1.29 is 18.0 Å². The van der Waals surface area contributed by atoms with Crippen LogP contribution in [-0.2, 0) is 19.6 Å². The average Bonchev–Trinajstić information content (AvgIpc) is 3.17. The second-order valence-corrected chi connectivity index (χ2v) is 8.91. The van der Waals surface area contributed by atoms with Crippen LogP contribution in [0.5, 0.6) is 0 Å². The van der Waals surface area contributed by atoms with E-state index in [1.54, 1.807) is 11.9 Å². The van der Waals surface area contributed by atoms with E-state index in [2.05, 4.69) is 15.1 Å². The Labute approximate surface area is 153 Å². The van der Waals surface area contributed by atoms with Crippen LogP contribution in [0.25, 0.3) is 0 Å². The Morgan fingerprint density at radius 3 is 2.62 bits per heavy atom. The molecule has 1 radical (unpaired) electrons. The van der Waals surface area contributed by atoms with Crippen LogP contribution in [0.2, 0.25) is 0 Å². The number of nitrogens with zero attached hydrogens (tertiary/aromatic N) is 2. The van der Waals surface area contributed by atoms with Crippen molar-refractivity contribution in [2.24, 2.45) is 22.8 Å². The van der Waals surface area contributed by atoms with Crippen molar-refractivity contribution in [3.8, 4) is 0 Å². The molecule has 1 saturated heterocycles. The molecule has 0 aromatic rings. The molecule has 1 heterocycles. The van der Waals surface area contributed by atoms with E-state index in [0.717, 1.165) is 31.9 Å². The van der Waals surface area contributed by atoms with Gasteiger partial charge in [-0.05, 0) is 26.3 Å². The Morgan fingerprint density at radius 1 is 1.46 bits per heavy atom. The van der Waals surface area contributed by atoms with Crippen molar-refractivity contribution in [3.05, 3.63) is 0 Å². The van der Waals surface area contributed by atoms with Crippen molar-refractivity contribution in [1.82, 2.24) is 20.7 Å². The number of Topliss-reactive ketones (excluding diaryl/α,β-unsaturated/α-hetero) is 1. The van der Waals surface area contributed by atoms with Crippen LogP contribution in [0.1, 0.15) is 19.8 Å². The highest BCUT2D eigenvalue weighted by molar-refractivity contribution is 7.88.